The van der Waals surface area contributed by atoms with Crippen molar-refractivity contribution in [3.8, 4) is 5.69 Å². The lowest BCUT2D eigenvalue weighted by Gasteiger charge is -2.22. The van der Waals surface area contributed by atoms with E-state index in [9.17, 15) is 18.4 Å². The molecule has 8 heteroatoms. The zero-order chi connectivity index (χ0) is 22.8. The molecule has 2 aromatic carbocycles. The average Bonchev–Trinajstić information content (AvgIpc) is 2.95. The Morgan fingerprint density at radius 3 is 2.12 bits per heavy atom. The van der Waals surface area contributed by atoms with Crippen molar-refractivity contribution >= 4 is 11.8 Å². The smallest absolute Gasteiger partial charge is 0.257 e. The molecule has 0 radical (unpaired) electrons. The Bertz CT molecular complexity index is 1160. The van der Waals surface area contributed by atoms with Gasteiger partial charge in [0.15, 0.2) is 0 Å². The SMILES string of the molecule is Cc1nn(-c2ccc(F)cc2)c(C)c1C(=O)N1CCCN(C(=O)c2ccccc2F)CC1. The van der Waals surface area contributed by atoms with Gasteiger partial charge in [0, 0.05) is 26.2 Å². The van der Waals surface area contributed by atoms with Gasteiger partial charge in [0.25, 0.3) is 11.8 Å². The number of halogens is 2. The molecule has 1 aliphatic heterocycles. The summed E-state index contributed by atoms with van der Waals surface area (Å²) in [5.41, 5.74) is 2.47. The van der Waals surface area contributed by atoms with Gasteiger partial charge in [-0.05, 0) is 56.7 Å². The van der Waals surface area contributed by atoms with Crippen molar-refractivity contribution in [2.45, 2.75) is 20.3 Å². The van der Waals surface area contributed by atoms with Gasteiger partial charge >= 0.3 is 0 Å². The van der Waals surface area contributed by atoms with Gasteiger partial charge < -0.3 is 9.80 Å². The number of nitrogens with zero attached hydrogens (tertiary/aromatic N) is 4. The Kier molecular flexibility index (Phi) is 6.03. The van der Waals surface area contributed by atoms with Crippen LogP contribution in [-0.4, -0.2) is 57.6 Å². The number of hydrogen-bond acceptors (Lipinski definition) is 3. The number of carbonyl (C=O) groups excluding carboxylic acids is 2. The first-order valence-electron chi connectivity index (χ1n) is 10.5. The maximum absolute atomic E-state index is 14.0. The fraction of sp³-hybridized carbons (Fsp3) is 0.292. The normalized spacial score (nSPS) is 14.4. The first kappa shape index (κ1) is 21.7. The molecule has 1 saturated heterocycles. The Labute approximate surface area is 185 Å². The molecule has 32 heavy (non-hydrogen) atoms. The second kappa shape index (κ2) is 8.90. The Morgan fingerprint density at radius 2 is 1.47 bits per heavy atom. The topological polar surface area (TPSA) is 58.4 Å². The van der Waals surface area contributed by atoms with Gasteiger partial charge in [0.1, 0.15) is 11.6 Å². The van der Waals surface area contributed by atoms with E-state index >= 15 is 0 Å². The fourth-order valence-electron chi connectivity index (χ4n) is 4.07. The molecule has 6 nitrogen and oxygen atoms in total. The second-order valence-electron chi connectivity index (χ2n) is 7.85. The van der Waals surface area contributed by atoms with Gasteiger partial charge in [-0.3, -0.25) is 9.59 Å². The Balaban J connectivity index is 1.52. The third-order valence-electron chi connectivity index (χ3n) is 5.75. The molecule has 0 spiro atoms. The number of rotatable bonds is 3. The first-order chi connectivity index (χ1) is 15.4. The summed E-state index contributed by atoms with van der Waals surface area (Å²) in [6, 6.07) is 11.8. The molecule has 0 N–H and O–H groups in total. The van der Waals surface area contributed by atoms with E-state index < -0.39 is 5.82 Å². The van der Waals surface area contributed by atoms with Crippen molar-refractivity contribution in [2.75, 3.05) is 26.2 Å². The fourth-order valence-corrected chi connectivity index (χ4v) is 4.07. The van der Waals surface area contributed by atoms with Crippen LogP contribution in [0.5, 0.6) is 0 Å². The van der Waals surface area contributed by atoms with Crippen LogP contribution in [0.3, 0.4) is 0 Å². The minimum atomic E-state index is -0.547. The van der Waals surface area contributed by atoms with Crippen molar-refractivity contribution in [3.05, 3.63) is 82.7 Å². The predicted octanol–water partition coefficient (Wildman–Crippen LogP) is 3.76. The minimum absolute atomic E-state index is 0.0412. The van der Waals surface area contributed by atoms with Gasteiger partial charge in [0.2, 0.25) is 0 Å². The molecule has 0 saturated carbocycles. The highest BCUT2D eigenvalue weighted by Crippen LogP contribution is 2.21. The number of benzene rings is 2. The van der Waals surface area contributed by atoms with Crippen molar-refractivity contribution in [3.63, 3.8) is 0 Å². The molecule has 4 rings (SSSR count). The summed E-state index contributed by atoms with van der Waals surface area (Å²) < 4.78 is 28.9. The molecule has 166 valence electrons. The molecular weight excluding hydrogens is 414 g/mol. The maximum atomic E-state index is 14.0. The summed E-state index contributed by atoms with van der Waals surface area (Å²) in [6.07, 6.45) is 0.593. The molecule has 0 atom stereocenters. The summed E-state index contributed by atoms with van der Waals surface area (Å²) in [7, 11) is 0. The molecule has 0 bridgehead atoms. The van der Waals surface area contributed by atoms with Crippen LogP contribution >= 0.6 is 0 Å². The highest BCUT2D eigenvalue weighted by molar-refractivity contribution is 5.97. The molecular formula is C24H24F2N4O2. The molecule has 1 fully saturated rings. The quantitative estimate of drug-likeness (QED) is 0.626. The van der Waals surface area contributed by atoms with Crippen LogP contribution in [0.15, 0.2) is 48.5 Å². The third-order valence-corrected chi connectivity index (χ3v) is 5.75. The number of aromatic nitrogens is 2. The number of carbonyl (C=O) groups is 2. The van der Waals surface area contributed by atoms with Gasteiger partial charge in [-0.2, -0.15) is 5.10 Å². The molecule has 0 unspecified atom stereocenters. The van der Waals surface area contributed by atoms with Gasteiger partial charge in [-0.25, -0.2) is 13.5 Å². The summed E-state index contributed by atoms with van der Waals surface area (Å²) in [5.74, 6) is -1.41. The van der Waals surface area contributed by atoms with E-state index in [-0.39, 0.29) is 23.2 Å². The van der Waals surface area contributed by atoms with Gasteiger partial charge in [0.05, 0.1) is 28.2 Å². The van der Waals surface area contributed by atoms with Crippen molar-refractivity contribution in [1.29, 1.82) is 0 Å². The number of hydrogen-bond donors (Lipinski definition) is 0. The van der Waals surface area contributed by atoms with E-state index in [1.807, 2.05) is 6.92 Å². The molecule has 2 heterocycles. The molecule has 0 aliphatic carbocycles. The average molecular weight is 438 g/mol. The Morgan fingerprint density at radius 1 is 0.844 bits per heavy atom. The zero-order valence-corrected chi connectivity index (χ0v) is 18.0. The van der Waals surface area contributed by atoms with Crippen LogP contribution in [-0.2, 0) is 0 Å². The minimum Gasteiger partial charge on any atom is -0.337 e. The highest BCUT2D eigenvalue weighted by atomic mass is 19.1. The van der Waals surface area contributed by atoms with E-state index in [2.05, 4.69) is 5.10 Å². The summed E-state index contributed by atoms with van der Waals surface area (Å²) in [5, 5.41) is 4.48. The lowest BCUT2D eigenvalue weighted by Crippen LogP contribution is -2.38. The van der Waals surface area contributed by atoms with Gasteiger partial charge in [-0.15, -0.1) is 0 Å². The third kappa shape index (κ3) is 4.12. The summed E-state index contributed by atoms with van der Waals surface area (Å²) in [6.45, 7) is 5.18. The van der Waals surface area contributed by atoms with E-state index in [1.165, 1.54) is 24.3 Å². The largest absolute Gasteiger partial charge is 0.337 e. The monoisotopic (exact) mass is 438 g/mol. The van der Waals surface area contributed by atoms with Crippen LogP contribution < -0.4 is 0 Å². The van der Waals surface area contributed by atoms with Gasteiger partial charge in [-0.1, -0.05) is 12.1 Å². The molecule has 1 aliphatic rings. The summed E-state index contributed by atoms with van der Waals surface area (Å²) in [4.78, 5) is 29.4. The van der Waals surface area contributed by atoms with E-state index in [1.54, 1.807) is 45.7 Å². The standard InChI is InChI=1S/C24H24F2N4O2/c1-16-22(17(2)30(27-16)19-10-8-18(25)9-11-19)24(32)29-13-5-12-28(14-15-29)23(31)20-6-3-4-7-21(20)26/h3-4,6-11H,5,12-15H2,1-2H3. The van der Waals surface area contributed by atoms with Crippen molar-refractivity contribution in [2.24, 2.45) is 0 Å². The van der Waals surface area contributed by atoms with Crippen LogP contribution in [0, 0.1) is 25.5 Å². The molecule has 2 amide bonds. The van der Waals surface area contributed by atoms with Crippen LogP contribution in [0.1, 0.15) is 38.5 Å². The lowest BCUT2D eigenvalue weighted by molar-refractivity contribution is 0.0715. The van der Waals surface area contributed by atoms with Crippen LogP contribution in [0.25, 0.3) is 5.69 Å². The first-order valence-corrected chi connectivity index (χ1v) is 10.5. The van der Waals surface area contributed by atoms with E-state index in [4.69, 9.17) is 0 Å². The van der Waals surface area contributed by atoms with Crippen LogP contribution in [0.2, 0.25) is 0 Å². The maximum Gasteiger partial charge on any atom is 0.257 e. The van der Waals surface area contributed by atoms with Crippen LogP contribution in [0.4, 0.5) is 8.78 Å². The van der Waals surface area contributed by atoms with E-state index in [0.29, 0.717) is 55.2 Å². The predicted molar refractivity (Wildman–Crippen MR) is 116 cm³/mol. The number of amides is 2. The molecule has 1 aromatic heterocycles. The summed E-state index contributed by atoms with van der Waals surface area (Å²) >= 11 is 0. The zero-order valence-electron chi connectivity index (χ0n) is 18.0. The number of aryl methyl sites for hydroxylation is 1. The highest BCUT2D eigenvalue weighted by Gasteiger charge is 2.28. The van der Waals surface area contributed by atoms with E-state index in [0.717, 1.165) is 0 Å². The second-order valence-corrected chi connectivity index (χ2v) is 7.85. The molecule has 3 aromatic rings. The van der Waals surface area contributed by atoms with Crippen molar-refractivity contribution < 1.29 is 18.4 Å². The lowest BCUT2D eigenvalue weighted by atomic mass is 10.1. The Hall–Kier alpha value is -3.55. The van der Waals surface area contributed by atoms with Crippen molar-refractivity contribution in [1.82, 2.24) is 19.6 Å².